The molecule has 1 aromatic carbocycles. The molecule has 0 aliphatic heterocycles. The van der Waals surface area contributed by atoms with Gasteiger partial charge in [0, 0.05) is 13.0 Å². The maximum atomic E-state index is 9.85. The van der Waals surface area contributed by atoms with Gasteiger partial charge in [0.15, 0.2) is 0 Å². The van der Waals surface area contributed by atoms with E-state index in [4.69, 9.17) is 5.73 Å². The maximum absolute atomic E-state index is 9.85. The average molecular weight is 247 g/mol. The van der Waals surface area contributed by atoms with Crippen molar-refractivity contribution < 1.29 is 5.11 Å². The molecule has 0 amide bonds. The van der Waals surface area contributed by atoms with E-state index in [0.29, 0.717) is 13.0 Å². The lowest BCUT2D eigenvalue weighted by Crippen LogP contribution is -2.22. The number of nitrogens with two attached hydrogens (primary N) is 1. The number of aliphatic hydroxyl groups is 1. The van der Waals surface area contributed by atoms with E-state index in [2.05, 4.69) is 15.6 Å². The van der Waals surface area contributed by atoms with Crippen LogP contribution in [0.3, 0.4) is 0 Å². The van der Waals surface area contributed by atoms with Crippen LogP contribution in [-0.2, 0) is 13.0 Å². The normalized spacial score (nSPS) is 12.2. The van der Waals surface area contributed by atoms with Crippen molar-refractivity contribution >= 4 is 11.0 Å². The molecule has 18 heavy (non-hydrogen) atoms. The van der Waals surface area contributed by atoms with Crippen LogP contribution in [0.25, 0.3) is 11.0 Å². The molecular weight excluding hydrogens is 226 g/mol. The molecule has 0 fully saturated rings. The summed E-state index contributed by atoms with van der Waals surface area (Å²) in [5.74, 6) is 1.00. The molecule has 0 spiro atoms. The monoisotopic (exact) mass is 247 g/mol. The Morgan fingerprint density at radius 3 is 2.72 bits per heavy atom. The Hall–Kier alpha value is -1.39. The first-order valence-electron chi connectivity index (χ1n) is 6.38. The van der Waals surface area contributed by atoms with Crippen molar-refractivity contribution in [2.24, 2.45) is 5.73 Å². The number of nitrogens with zero attached hydrogens (tertiary/aromatic N) is 2. The van der Waals surface area contributed by atoms with E-state index in [9.17, 15) is 5.11 Å². The highest BCUT2D eigenvalue weighted by Gasteiger charge is 2.15. The van der Waals surface area contributed by atoms with Crippen LogP contribution < -0.4 is 5.73 Å². The number of imidazole rings is 1. The number of hydrogen-bond acceptors (Lipinski definition) is 3. The van der Waals surface area contributed by atoms with Gasteiger partial charge in [0.1, 0.15) is 5.82 Å². The third-order valence-corrected chi connectivity index (χ3v) is 3.05. The summed E-state index contributed by atoms with van der Waals surface area (Å²) in [6.45, 7) is 5.01. The van der Waals surface area contributed by atoms with E-state index in [1.165, 1.54) is 0 Å². The number of rotatable bonds is 5. The van der Waals surface area contributed by atoms with Crippen molar-refractivity contribution in [2.75, 3.05) is 6.54 Å². The summed E-state index contributed by atoms with van der Waals surface area (Å²) in [6, 6.07) is 8.07. The van der Waals surface area contributed by atoms with Gasteiger partial charge in [-0.25, -0.2) is 4.98 Å². The lowest BCUT2D eigenvalue weighted by molar-refractivity contribution is 0.0663. The van der Waals surface area contributed by atoms with Crippen LogP contribution in [0.2, 0.25) is 0 Å². The Morgan fingerprint density at radius 2 is 2.06 bits per heavy atom. The molecule has 4 heteroatoms. The molecule has 0 saturated carbocycles. The summed E-state index contributed by atoms with van der Waals surface area (Å²) in [5, 5.41) is 9.85. The highest BCUT2D eigenvalue weighted by atomic mass is 16.3. The second kappa shape index (κ2) is 5.08. The number of aryl methyl sites for hydroxylation is 1. The van der Waals surface area contributed by atoms with Crippen molar-refractivity contribution in [3.05, 3.63) is 30.1 Å². The van der Waals surface area contributed by atoms with Gasteiger partial charge in [-0.15, -0.1) is 0 Å². The van der Waals surface area contributed by atoms with Crippen molar-refractivity contribution in [1.29, 1.82) is 0 Å². The van der Waals surface area contributed by atoms with Crippen LogP contribution in [0.1, 0.15) is 26.1 Å². The van der Waals surface area contributed by atoms with Crippen LogP contribution in [0.4, 0.5) is 0 Å². The smallest absolute Gasteiger partial charge is 0.111 e. The Kier molecular flexibility index (Phi) is 3.68. The summed E-state index contributed by atoms with van der Waals surface area (Å²) < 4.78 is 2.17. The highest BCUT2D eigenvalue weighted by molar-refractivity contribution is 5.75. The highest BCUT2D eigenvalue weighted by Crippen LogP contribution is 2.19. The van der Waals surface area contributed by atoms with Crippen molar-refractivity contribution in [2.45, 2.75) is 38.8 Å². The van der Waals surface area contributed by atoms with E-state index in [0.717, 1.165) is 29.8 Å². The Balaban J connectivity index is 2.35. The minimum Gasteiger partial charge on any atom is -0.390 e. The zero-order valence-electron chi connectivity index (χ0n) is 11.1. The van der Waals surface area contributed by atoms with Crippen molar-refractivity contribution in [1.82, 2.24) is 9.55 Å². The van der Waals surface area contributed by atoms with E-state index < -0.39 is 5.60 Å². The third kappa shape index (κ3) is 2.89. The standard InChI is InChI=1S/C14H21N3O/c1-14(2,18)8-10-17-12-6-4-3-5-11(12)16-13(17)7-9-15/h3-6,18H,7-10,15H2,1-2H3. The second-order valence-electron chi connectivity index (χ2n) is 5.27. The number of fused-ring (bicyclic) bond motifs is 1. The average Bonchev–Trinajstić information content (AvgIpc) is 2.63. The Morgan fingerprint density at radius 1 is 1.33 bits per heavy atom. The van der Waals surface area contributed by atoms with Crippen LogP contribution in [0.15, 0.2) is 24.3 Å². The number of hydrogen-bond donors (Lipinski definition) is 2. The first-order valence-corrected chi connectivity index (χ1v) is 6.38. The zero-order valence-corrected chi connectivity index (χ0v) is 11.1. The van der Waals surface area contributed by atoms with Gasteiger partial charge in [-0.3, -0.25) is 0 Å². The summed E-state index contributed by atoms with van der Waals surface area (Å²) in [4.78, 5) is 4.60. The van der Waals surface area contributed by atoms with Gasteiger partial charge < -0.3 is 15.4 Å². The van der Waals surface area contributed by atoms with Crippen molar-refractivity contribution in [3.63, 3.8) is 0 Å². The minimum absolute atomic E-state index is 0.589. The van der Waals surface area contributed by atoms with Crippen LogP contribution in [0.5, 0.6) is 0 Å². The lowest BCUT2D eigenvalue weighted by Gasteiger charge is -2.18. The predicted molar refractivity (Wildman–Crippen MR) is 73.4 cm³/mol. The molecule has 4 nitrogen and oxygen atoms in total. The van der Waals surface area contributed by atoms with Crippen molar-refractivity contribution in [3.8, 4) is 0 Å². The van der Waals surface area contributed by atoms with Gasteiger partial charge in [0.25, 0.3) is 0 Å². The summed E-state index contributed by atoms with van der Waals surface area (Å²) in [5.41, 5.74) is 7.08. The fourth-order valence-electron chi connectivity index (χ4n) is 2.08. The Bertz CT molecular complexity index is 525. The third-order valence-electron chi connectivity index (χ3n) is 3.05. The minimum atomic E-state index is -0.661. The molecule has 1 aromatic heterocycles. The van der Waals surface area contributed by atoms with E-state index >= 15 is 0 Å². The van der Waals surface area contributed by atoms with Crippen LogP contribution in [-0.4, -0.2) is 26.8 Å². The molecule has 2 rings (SSSR count). The molecule has 2 aromatic rings. The molecule has 0 radical (unpaired) electrons. The fraction of sp³-hybridized carbons (Fsp3) is 0.500. The molecule has 0 aliphatic rings. The van der Waals surface area contributed by atoms with E-state index in [1.807, 2.05) is 32.0 Å². The molecule has 0 unspecified atom stereocenters. The van der Waals surface area contributed by atoms with Gasteiger partial charge in [0.05, 0.1) is 16.6 Å². The molecule has 3 N–H and O–H groups in total. The van der Waals surface area contributed by atoms with E-state index in [1.54, 1.807) is 0 Å². The Labute approximate surface area is 107 Å². The largest absolute Gasteiger partial charge is 0.390 e. The molecule has 0 atom stereocenters. The molecule has 0 aliphatic carbocycles. The first-order chi connectivity index (χ1) is 8.51. The maximum Gasteiger partial charge on any atom is 0.111 e. The molecule has 0 bridgehead atoms. The second-order valence-corrected chi connectivity index (χ2v) is 5.27. The molecule has 98 valence electrons. The van der Waals surface area contributed by atoms with Crippen LogP contribution >= 0.6 is 0 Å². The first kappa shape index (κ1) is 13.1. The summed E-state index contributed by atoms with van der Waals surface area (Å²) in [6.07, 6.45) is 1.46. The topological polar surface area (TPSA) is 64.1 Å². The zero-order chi connectivity index (χ0) is 13.2. The van der Waals surface area contributed by atoms with Gasteiger partial charge in [0.2, 0.25) is 0 Å². The molecule has 1 heterocycles. The van der Waals surface area contributed by atoms with E-state index in [-0.39, 0.29) is 0 Å². The quantitative estimate of drug-likeness (QED) is 0.845. The van der Waals surface area contributed by atoms with Gasteiger partial charge in [-0.05, 0) is 38.9 Å². The predicted octanol–water partition coefficient (Wildman–Crippen LogP) is 1.70. The summed E-state index contributed by atoms with van der Waals surface area (Å²) >= 11 is 0. The van der Waals surface area contributed by atoms with Gasteiger partial charge in [-0.1, -0.05) is 12.1 Å². The number of aromatic nitrogens is 2. The molecular formula is C14H21N3O. The van der Waals surface area contributed by atoms with Crippen LogP contribution in [0, 0.1) is 0 Å². The fourth-order valence-corrected chi connectivity index (χ4v) is 2.08. The number of para-hydroxylation sites is 2. The SMILES string of the molecule is CC(C)(O)CCn1c(CCN)nc2ccccc21. The molecule has 0 saturated heterocycles. The van der Waals surface area contributed by atoms with Gasteiger partial charge >= 0.3 is 0 Å². The number of benzene rings is 1. The van der Waals surface area contributed by atoms with Gasteiger partial charge in [-0.2, -0.15) is 0 Å². The lowest BCUT2D eigenvalue weighted by atomic mass is 10.1. The summed E-state index contributed by atoms with van der Waals surface area (Å²) in [7, 11) is 0.